The predicted octanol–water partition coefficient (Wildman–Crippen LogP) is 3.85. The van der Waals surface area contributed by atoms with Crippen molar-refractivity contribution in [1.29, 1.82) is 0 Å². The van der Waals surface area contributed by atoms with Crippen LogP contribution in [-0.2, 0) is 26.0 Å². The second-order valence-electron chi connectivity index (χ2n) is 10.1. The Kier molecular flexibility index (Phi) is 8.83. The molecule has 1 aliphatic heterocycles. The van der Waals surface area contributed by atoms with Crippen LogP contribution in [0.1, 0.15) is 47.4 Å². The van der Waals surface area contributed by atoms with E-state index >= 15 is 0 Å². The topological polar surface area (TPSA) is 141 Å². The summed E-state index contributed by atoms with van der Waals surface area (Å²) in [4.78, 5) is 29.7. The van der Waals surface area contributed by atoms with E-state index in [4.69, 9.17) is 4.74 Å². The van der Waals surface area contributed by atoms with Gasteiger partial charge < -0.3 is 25.0 Å². The first-order valence-electron chi connectivity index (χ1n) is 12.9. The molecule has 0 aliphatic carbocycles. The SMILES string of the molecule is C[C@H](Cc1c[nH]c2c(C(=O)N3CCCC3)cccc12)NC[C@H](OC(=O)C(F)(F)F)c1ccc(O)c(NS(C)(=O)=O)c1. The molecule has 0 spiro atoms. The second kappa shape index (κ2) is 12.0. The van der Waals surface area contributed by atoms with Crippen LogP contribution in [0.2, 0.25) is 0 Å². The van der Waals surface area contributed by atoms with Gasteiger partial charge in [-0.15, -0.1) is 0 Å². The highest BCUT2D eigenvalue weighted by molar-refractivity contribution is 7.92. The van der Waals surface area contributed by atoms with Gasteiger partial charge in [0.1, 0.15) is 11.9 Å². The molecule has 222 valence electrons. The first-order chi connectivity index (χ1) is 19.2. The zero-order chi connectivity index (χ0) is 29.9. The number of ether oxygens (including phenoxy) is 1. The molecule has 4 rings (SSSR count). The average molecular weight is 597 g/mol. The lowest BCUT2D eigenvalue weighted by Gasteiger charge is -2.23. The number of amides is 1. The molecule has 1 fully saturated rings. The van der Waals surface area contributed by atoms with Crippen molar-refractivity contribution in [2.75, 3.05) is 30.6 Å². The van der Waals surface area contributed by atoms with Crippen molar-refractivity contribution >= 4 is 38.5 Å². The molecule has 1 amide bonds. The maximum atomic E-state index is 13.0. The van der Waals surface area contributed by atoms with Crippen LogP contribution in [0.5, 0.6) is 5.75 Å². The zero-order valence-electron chi connectivity index (χ0n) is 22.4. The lowest BCUT2D eigenvalue weighted by Crippen LogP contribution is -2.35. The first kappa shape index (κ1) is 30.2. The molecule has 4 N–H and O–H groups in total. The van der Waals surface area contributed by atoms with Crippen molar-refractivity contribution in [3.8, 4) is 5.75 Å². The number of sulfonamides is 1. The number of phenols is 1. The molecular formula is C27H31F3N4O6S. The van der Waals surface area contributed by atoms with E-state index in [0.717, 1.165) is 55.3 Å². The molecular weight excluding hydrogens is 565 g/mol. The van der Waals surface area contributed by atoms with Gasteiger partial charge in [0.15, 0.2) is 0 Å². The van der Waals surface area contributed by atoms with Gasteiger partial charge in [0.2, 0.25) is 10.0 Å². The number of carbonyl (C=O) groups excluding carboxylic acids is 2. The minimum atomic E-state index is -5.25. The lowest BCUT2D eigenvalue weighted by atomic mass is 10.0. The largest absolute Gasteiger partial charge is 0.506 e. The van der Waals surface area contributed by atoms with Gasteiger partial charge in [0, 0.05) is 37.3 Å². The summed E-state index contributed by atoms with van der Waals surface area (Å²) in [6.07, 6.45) is -1.70. The summed E-state index contributed by atoms with van der Waals surface area (Å²) >= 11 is 0. The van der Waals surface area contributed by atoms with Crippen molar-refractivity contribution in [3.05, 3.63) is 59.3 Å². The number of alkyl halides is 3. The minimum Gasteiger partial charge on any atom is -0.506 e. The van der Waals surface area contributed by atoms with E-state index in [-0.39, 0.29) is 29.7 Å². The predicted molar refractivity (Wildman–Crippen MR) is 146 cm³/mol. The van der Waals surface area contributed by atoms with E-state index in [1.807, 2.05) is 11.0 Å². The standard InChI is InChI=1S/C27H31F3N4O6S/c1-16(12-18-14-32-24-19(18)6-5-7-20(24)25(36)34-10-3-4-11-34)31-15-23(40-26(37)27(28,29)30)17-8-9-22(35)21(13-17)33-41(2,38)39/h5-9,13-14,16,23,31-33,35H,3-4,10-12,15H2,1-2H3/t16-,23+/m1/s1. The fourth-order valence-corrected chi connectivity index (χ4v) is 5.38. The number of fused-ring (bicyclic) bond motifs is 1. The smallest absolute Gasteiger partial charge is 0.490 e. The molecule has 0 bridgehead atoms. The highest BCUT2D eigenvalue weighted by Crippen LogP contribution is 2.31. The molecule has 0 saturated carbocycles. The van der Waals surface area contributed by atoms with Gasteiger partial charge in [-0.1, -0.05) is 18.2 Å². The highest BCUT2D eigenvalue weighted by atomic mass is 32.2. The van der Waals surface area contributed by atoms with Gasteiger partial charge in [-0.25, -0.2) is 13.2 Å². The number of phenolic OH excluding ortho intramolecular Hbond substituents is 1. The third kappa shape index (κ3) is 7.50. The summed E-state index contributed by atoms with van der Waals surface area (Å²) in [5.74, 6) is -2.90. The van der Waals surface area contributed by atoms with Gasteiger partial charge in [-0.05, 0) is 55.5 Å². The number of likely N-dealkylation sites (tertiary alicyclic amines) is 1. The number of aromatic hydroxyl groups is 1. The number of anilines is 1. The Morgan fingerprint density at radius 2 is 1.88 bits per heavy atom. The Labute approximate surface area is 234 Å². The van der Waals surface area contributed by atoms with E-state index < -0.39 is 34.0 Å². The Morgan fingerprint density at radius 1 is 1.17 bits per heavy atom. The maximum Gasteiger partial charge on any atom is 0.490 e. The van der Waals surface area contributed by atoms with Crippen molar-refractivity contribution in [3.63, 3.8) is 0 Å². The number of aromatic nitrogens is 1. The van der Waals surface area contributed by atoms with Gasteiger partial charge >= 0.3 is 12.1 Å². The summed E-state index contributed by atoms with van der Waals surface area (Å²) in [7, 11) is -3.81. The zero-order valence-corrected chi connectivity index (χ0v) is 23.2. The molecule has 2 aromatic carbocycles. The number of hydrogen-bond acceptors (Lipinski definition) is 7. The maximum absolute atomic E-state index is 13.0. The fraction of sp³-hybridized carbons (Fsp3) is 0.407. The molecule has 3 aromatic rings. The molecule has 14 heteroatoms. The number of rotatable bonds is 10. The van der Waals surface area contributed by atoms with Crippen LogP contribution >= 0.6 is 0 Å². The number of halogens is 3. The minimum absolute atomic E-state index is 0.0309. The summed E-state index contributed by atoms with van der Waals surface area (Å²) in [6.45, 7) is 2.99. The monoisotopic (exact) mass is 596 g/mol. The number of hydrogen-bond donors (Lipinski definition) is 4. The molecule has 0 unspecified atom stereocenters. The molecule has 1 aliphatic rings. The van der Waals surface area contributed by atoms with Crippen molar-refractivity contribution in [2.24, 2.45) is 0 Å². The number of esters is 1. The van der Waals surface area contributed by atoms with Crippen LogP contribution in [-0.4, -0.2) is 73.4 Å². The van der Waals surface area contributed by atoms with Crippen molar-refractivity contribution in [1.82, 2.24) is 15.2 Å². The average Bonchev–Trinajstić information content (AvgIpc) is 3.57. The second-order valence-corrected chi connectivity index (χ2v) is 11.8. The Bertz CT molecular complexity index is 1530. The van der Waals surface area contributed by atoms with Crippen LogP contribution < -0.4 is 10.0 Å². The number of nitrogens with one attached hydrogen (secondary N) is 3. The van der Waals surface area contributed by atoms with E-state index in [1.54, 1.807) is 25.3 Å². The number of benzene rings is 2. The number of carbonyl (C=O) groups is 2. The summed E-state index contributed by atoms with van der Waals surface area (Å²) in [6, 6.07) is 8.58. The van der Waals surface area contributed by atoms with Crippen LogP contribution in [0.4, 0.5) is 18.9 Å². The van der Waals surface area contributed by atoms with E-state index in [1.165, 1.54) is 6.07 Å². The van der Waals surface area contributed by atoms with E-state index in [9.17, 15) is 36.3 Å². The molecule has 10 nitrogen and oxygen atoms in total. The number of H-pyrrole nitrogens is 1. The molecule has 0 radical (unpaired) electrons. The van der Waals surface area contributed by atoms with Crippen molar-refractivity contribution in [2.45, 2.75) is 44.5 Å². The Hall–Kier alpha value is -3.78. The number of nitrogens with zero attached hydrogens (tertiary/aromatic N) is 1. The summed E-state index contributed by atoms with van der Waals surface area (Å²) in [5, 5.41) is 13.9. The van der Waals surface area contributed by atoms with Crippen LogP contribution in [0.3, 0.4) is 0 Å². The van der Waals surface area contributed by atoms with Crippen LogP contribution in [0.25, 0.3) is 10.9 Å². The van der Waals surface area contributed by atoms with Gasteiger partial charge in [0.05, 0.1) is 23.0 Å². The molecule has 1 aromatic heterocycles. The van der Waals surface area contributed by atoms with Crippen LogP contribution in [0, 0.1) is 0 Å². The van der Waals surface area contributed by atoms with E-state index in [2.05, 4.69) is 15.0 Å². The normalized spacial score (nSPS) is 15.6. The highest BCUT2D eigenvalue weighted by Gasteiger charge is 2.42. The molecule has 2 heterocycles. The molecule has 2 atom stereocenters. The Balaban J connectivity index is 1.51. The van der Waals surface area contributed by atoms with E-state index in [0.29, 0.717) is 17.5 Å². The van der Waals surface area contributed by atoms with Gasteiger partial charge in [0.25, 0.3) is 5.91 Å². The van der Waals surface area contributed by atoms with Gasteiger partial charge in [-0.3, -0.25) is 9.52 Å². The Morgan fingerprint density at radius 3 is 2.54 bits per heavy atom. The third-order valence-corrected chi connectivity index (χ3v) is 7.36. The number of para-hydroxylation sites is 1. The molecule has 1 saturated heterocycles. The number of aromatic amines is 1. The third-order valence-electron chi connectivity index (χ3n) is 6.77. The molecule has 41 heavy (non-hydrogen) atoms. The van der Waals surface area contributed by atoms with Crippen molar-refractivity contribution < 1.29 is 41.0 Å². The fourth-order valence-electron chi connectivity index (χ4n) is 4.82. The first-order valence-corrected chi connectivity index (χ1v) is 14.8. The summed E-state index contributed by atoms with van der Waals surface area (Å²) < 4.78 is 69.2. The summed E-state index contributed by atoms with van der Waals surface area (Å²) in [5.41, 5.74) is 1.91. The quantitative estimate of drug-likeness (QED) is 0.206. The van der Waals surface area contributed by atoms with Gasteiger partial charge in [-0.2, -0.15) is 13.2 Å². The lowest BCUT2D eigenvalue weighted by molar-refractivity contribution is -0.205. The van der Waals surface area contributed by atoms with Crippen LogP contribution in [0.15, 0.2) is 42.6 Å².